The van der Waals surface area contributed by atoms with Crippen molar-refractivity contribution >= 4 is 23.7 Å². The van der Waals surface area contributed by atoms with Gasteiger partial charge in [0.2, 0.25) is 0 Å². The van der Waals surface area contributed by atoms with Crippen molar-refractivity contribution in [3.05, 3.63) is 94.0 Å². The smallest absolute Gasteiger partial charge is 0.271 e. The quantitative estimate of drug-likeness (QED) is 0.442. The molecule has 0 bridgehead atoms. The third-order valence-electron chi connectivity index (χ3n) is 4.16. The van der Waals surface area contributed by atoms with Crippen LogP contribution in [0.2, 0.25) is 5.02 Å². The fraction of sp³-hybridized carbons (Fsp3) is 0.130. The fourth-order valence-corrected chi connectivity index (χ4v) is 2.77. The van der Waals surface area contributed by atoms with Gasteiger partial charge < -0.3 is 9.47 Å². The summed E-state index contributed by atoms with van der Waals surface area (Å²) < 4.78 is 11.2. The first-order chi connectivity index (χ1) is 14.0. The SMILES string of the molecule is COc1cc(C=NNC(=O)c2cccc(C)c2)ccc1OCc1ccc(Cl)cc1. The van der Waals surface area contributed by atoms with Gasteiger partial charge in [-0.1, -0.05) is 41.4 Å². The number of carbonyl (C=O) groups excluding carboxylic acids is 1. The van der Waals surface area contributed by atoms with Crippen molar-refractivity contribution < 1.29 is 14.3 Å². The zero-order valence-corrected chi connectivity index (χ0v) is 16.9. The zero-order valence-electron chi connectivity index (χ0n) is 16.2. The first-order valence-electron chi connectivity index (χ1n) is 9.00. The Morgan fingerprint density at radius 2 is 1.86 bits per heavy atom. The molecule has 0 saturated carbocycles. The summed E-state index contributed by atoms with van der Waals surface area (Å²) in [4.78, 5) is 12.1. The summed E-state index contributed by atoms with van der Waals surface area (Å²) in [6.45, 7) is 2.33. The highest BCUT2D eigenvalue weighted by Gasteiger charge is 2.07. The van der Waals surface area contributed by atoms with Crippen LogP contribution in [0.15, 0.2) is 71.8 Å². The molecule has 0 radical (unpaired) electrons. The molecule has 0 aliphatic rings. The molecule has 0 spiro atoms. The monoisotopic (exact) mass is 408 g/mol. The molecule has 0 unspecified atom stereocenters. The van der Waals surface area contributed by atoms with E-state index in [2.05, 4.69) is 10.5 Å². The number of ether oxygens (including phenoxy) is 2. The van der Waals surface area contributed by atoms with Gasteiger partial charge in [-0.25, -0.2) is 5.43 Å². The van der Waals surface area contributed by atoms with Gasteiger partial charge in [0.05, 0.1) is 13.3 Å². The van der Waals surface area contributed by atoms with Crippen LogP contribution in [-0.4, -0.2) is 19.2 Å². The number of amides is 1. The van der Waals surface area contributed by atoms with E-state index in [0.717, 1.165) is 16.7 Å². The molecule has 0 atom stereocenters. The fourth-order valence-electron chi connectivity index (χ4n) is 2.64. The molecule has 0 aromatic heterocycles. The first kappa shape index (κ1) is 20.4. The van der Waals surface area contributed by atoms with Crippen molar-refractivity contribution in [2.45, 2.75) is 13.5 Å². The van der Waals surface area contributed by atoms with Crippen LogP contribution >= 0.6 is 11.6 Å². The lowest BCUT2D eigenvalue weighted by Gasteiger charge is -2.11. The van der Waals surface area contributed by atoms with Gasteiger partial charge in [-0.15, -0.1) is 0 Å². The Kier molecular flexibility index (Phi) is 6.87. The number of hydrazone groups is 1. The Hall–Kier alpha value is -3.31. The van der Waals surface area contributed by atoms with E-state index >= 15 is 0 Å². The first-order valence-corrected chi connectivity index (χ1v) is 9.38. The van der Waals surface area contributed by atoms with Crippen LogP contribution in [-0.2, 0) is 6.61 Å². The van der Waals surface area contributed by atoms with Gasteiger partial charge in [-0.05, 0) is 60.5 Å². The van der Waals surface area contributed by atoms with Crippen molar-refractivity contribution in [3.8, 4) is 11.5 Å². The number of nitrogens with zero attached hydrogens (tertiary/aromatic N) is 1. The lowest BCUT2D eigenvalue weighted by Crippen LogP contribution is -2.17. The second-order valence-corrected chi connectivity index (χ2v) is 6.83. The molecule has 3 aromatic rings. The number of aryl methyl sites for hydroxylation is 1. The third kappa shape index (κ3) is 5.83. The standard InChI is InChI=1S/C23H21ClN2O3/c1-16-4-3-5-19(12-16)23(27)26-25-14-18-8-11-21(22(13-18)28-2)29-15-17-6-9-20(24)10-7-17/h3-14H,15H2,1-2H3,(H,26,27). The summed E-state index contributed by atoms with van der Waals surface area (Å²) in [7, 11) is 1.57. The van der Waals surface area contributed by atoms with E-state index in [-0.39, 0.29) is 5.91 Å². The van der Waals surface area contributed by atoms with E-state index in [1.54, 1.807) is 37.6 Å². The minimum absolute atomic E-state index is 0.264. The number of halogens is 1. The third-order valence-corrected chi connectivity index (χ3v) is 4.41. The maximum absolute atomic E-state index is 12.1. The van der Waals surface area contributed by atoms with Crippen LogP contribution in [0.1, 0.15) is 27.0 Å². The number of benzene rings is 3. The number of hydrogen-bond donors (Lipinski definition) is 1. The van der Waals surface area contributed by atoms with Gasteiger partial charge in [-0.3, -0.25) is 4.79 Å². The Labute approximate surface area is 174 Å². The van der Waals surface area contributed by atoms with Crippen molar-refractivity contribution in [1.29, 1.82) is 0 Å². The van der Waals surface area contributed by atoms with Crippen LogP contribution in [0, 0.1) is 6.92 Å². The number of nitrogens with one attached hydrogen (secondary N) is 1. The van der Waals surface area contributed by atoms with Crippen molar-refractivity contribution in [2.24, 2.45) is 5.10 Å². The largest absolute Gasteiger partial charge is 0.493 e. The molecule has 3 aromatic carbocycles. The molecule has 1 amide bonds. The highest BCUT2D eigenvalue weighted by atomic mass is 35.5. The van der Waals surface area contributed by atoms with Crippen molar-refractivity contribution in [2.75, 3.05) is 7.11 Å². The minimum atomic E-state index is -0.264. The Bertz CT molecular complexity index is 1020. The molecule has 3 rings (SSSR count). The summed E-state index contributed by atoms with van der Waals surface area (Å²) in [6.07, 6.45) is 1.55. The van der Waals surface area contributed by atoms with Gasteiger partial charge in [-0.2, -0.15) is 5.10 Å². The van der Waals surface area contributed by atoms with E-state index in [0.29, 0.717) is 28.7 Å². The van der Waals surface area contributed by atoms with Crippen LogP contribution in [0.3, 0.4) is 0 Å². The number of rotatable bonds is 7. The predicted octanol–water partition coefficient (Wildman–Crippen LogP) is 5.00. The summed E-state index contributed by atoms with van der Waals surface area (Å²) in [5, 5.41) is 4.71. The topological polar surface area (TPSA) is 59.9 Å². The molecular weight excluding hydrogens is 388 g/mol. The van der Waals surface area contributed by atoms with Crippen LogP contribution in [0.4, 0.5) is 0 Å². The number of methoxy groups -OCH3 is 1. The highest BCUT2D eigenvalue weighted by molar-refractivity contribution is 6.30. The van der Waals surface area contributed by atoms with Gasteiger partial charge in [0, 0.05) is 10.6 Å². The highest BCUT2D eigenvalue weighted by Crippen LogP contribution is 2.28. The zero-order chi connectivity index (χ0) is 20.6. The second kappa shape index (κ2) is 9.75. The number of hydrogen-bond acceptors (Lipinski definition) is 4. The second-order valence-electron chi connectivity index (χ2n) is 6.39. The lowest BCUT2D eigenvalue weighted by atomic mass is 10.1. The summed E-state index contributed by atoms with van der Waals surface area (Å²) >= 11 is 5.90. The molecule has 148 valence electrons. The average Bonchev–Trinajstić information content (AvgIpc) is 2.73. The molecule has 0 heterocycles. The van der Waals surface area contributed by atoms with Gasteiger partial charge in [0.1, 0.15) is 6.61 Å². The van der Waals surface area contributed by atoms with Crippen molar-refractivity contribution in [1.82, 2.24) is 5.43 Å². The Morgan fingerprint density at radius 3 is 2.59 bits per heavy atom. The van der Waals surface area contributed by atoms with Gasteiger partial charge in [0.15, 0.2) is 11.5 Å². The molecule has 0 fully saturated rings. The number of carbonyl (C=O) groups is 1. The summed E-state index contributed by atoms with van der Waals surface area (Å²) in [6, 6.07) is 20.2. The van der Waals surface area contributed by atoms with E-state index in [4.69, 9.17) is 21.1 Å². The van der Waals surface area contributed by atoms with E-state index in [1.807, 2.05) is 49.4 Å². The molecule has 0 saturated heterocycles. The molecular formula is C23H21ClN2O3. The van der Waals surface area contributed by atoms with E-state index in [1.165, 1.54) is 0 Å². The lowest BCUT2D eigenvalue weighted by molar-refractivity contribution is 0.0955. The van der Waals surface area contributed by atoms with Gasteiger partial charge >= 0.3 is 0 Å². The maximum Gasteiger partial charge on any atom is 0.271 e. The predicted molar refractivity (Wildman–Crippen MR) is 115 cm³/mol. The molecule has 5 nitrogen and oxygen atoms in total. The maximum atomic E-state index is 12.1. The van der Waals surface area contributed by atoms with Crippen LogP contribution in [0.25, 0.3) is 0 Å². The van der Waals surface area contributed by atoms with E-state index in [9.17, 15) is 4.79 Å². The summed E-state index contributed by atoms with van der Waals surface area (Å²) in [5.41, 5.74) is 5.87. The molecule has 6 heteroatoms. The van der Waals surface area contributed by atoms with E-state index < -0.39 is 0 Å². The molecule has 29 heavy (non-hydrogen) atoms. The van der Waals surface area contributed by atoms with Gasteiger partial charge in [0.25, 0.3) is 5.91 Å². The minimum Gasteiger partial charge on any atom is -0.493 e. The molecule has 0 aliphatic carbocycles. The Balaban J connectivity index is 1.62. The van der Waals surface area contributed by atoms with Crippen LogP contribution in [0.5, 0.6) is 11.5 Å². The van der Waals surface area contributed by atoms with Crippen molar-refractivity contribution in [3.63, 3.8) is 0 Å². The summed E-state index contributed by atoms with van der Waals surface area (Å²) in [5.74, 6) is 0.927. The van der Waals surface area contributed by atoms with Crippen LogP contribution < -0.4 is 14.9 Å². The molecule has 0 aliphatic heterocycles. The normalized spacial score (nSPS) is 10.7. The Morgan fingerprint density at radius 1 is 1.07 bits per heavy atom. The average molecular weight is 409 g/mol. The molecule has 1 N–H and O–H groups in total.